The monoisotopic (exact) mass is 324 g/mol. The summed E-state index contributed by atoms with van der Waals surface area (Å²) < 4.78 is 6.93. The molecule has 7 heteroatoms. The van der Waals surface area contributed by atoms with Gasteiger partial charge in [-0.2, -0.15) is 4.68 Å². The van der Waals surface area contributed by atoms with Gasteiger partial charge in [-0.05, 0) is 49.4 Å². The van der Waals surface area contributed by atoms with Crippen LogP contribution in [0, 0.1) is 5.92 Å². The zero-order valence-electron chi connectivity index (χ0n) is 13.6. The van der Waals surface area contributed by atoms with Crippen LogP contribution in [0.4, 0.5) is 0 Å². The Morgan fingerprint density at radius 3 is 2.79 bits per heavy atom. The number of nitrogens with zero attached hydrogens (tertiary/aromatic N) is 5. The molecule has 2 heterocycles. The van der Waals surface area contributed by atoms with Crippen molar-refractivity contribution in [2.24, 2.45) is 11.7 Å². The van der Waals surface area contributed by atoms with E-state index < -0.39 is 0 Å². The Labute approximate surface area is 139 Å². The molecule has 24 heavy (non-hydrogen) atoms. The molecule has 0 bridgehead atoms. The van der Waals surface area contributed by atoms with E-state index >= 15 is 0 Å². The van der Waals surface area contributed by atoms with Crippen LogP contribution < -0.4 is 10.5 Å². The van der Waals surface area contributed by atoms with E-state index in [1.54, 1.807) is 18.0 Å². The molecule has 0 saturated heterocycles. The molecule has 0 aliphatic heterocycles. The first kappa shape index (κ1) is 15.0. The van der Waals surface area contributed by atoms with Crippen molar-refractivity contribution in [3.63, 3.8) is 0 Å². The third-order valence-electron chi connectivity index (χ3n) is 4.61. The highest BCUT2D eigenvalue weighted by Crippen LogP contribution is 2.27. The minimum absolute atomic E-state index is 0.324. The lowest BCUT2D eigenvalue weighted by Crippen LogP contribution is -2.15. The molecular weight excluding hydrogens is 304 g/mol. The van der Waals surface area contributed by atoms with Gasteiger partial charge in [-0.1, -0.05) is 5.21 Å². The lowest BCUT2D eigenvalue weighted by molar-refractivity contribution is 0.414. The van der Waals surface area contributed by atoms with Crippen molar-refractivity contribution >= 4 is 11.2 Å². The summed E-state index contributed by atoms with van der Waals surface area (Å²) in [6.07, 6.45) is 5.91. The predicted octanol–water partition coefficient (Wildman–Crippen LogP) is 1.89. The van der Waals surface area contributed by atoms with E-state index in [1.165, 1.54) is 0 Å². The van der Waals surface area contributed by atoms with Crippen molar-refractivity contribution in [3.8, 4) is 11.4 Å². The van der Waals surface area contributed by atoms with E-state index in [0.29, 0.717) is 17.5 Å². The van der Waals surface area contributed by atoms with Gasteiger partial charge in [-0.25, -0.2) is 9.97 Å². The minimum atomic E-state index is 0.324. The Balaban J connectivity index is 1.65. The maximum Gasteiger partial charge on any atom is 0.187 e. The summed E-state index contributed by atoms with van der Waals surface area (Å²) in [5, 5.41) is 8.37. The van der Waals surface area contributed by atoms with Gasteiger partial charge in [0.05, 0.1) is 19.0 Å². The van der Waals surface area contributed by atoms with Crippen LogP contribution >= 0.6 is 0 Å². The molecule has 1 aliphatic rings. The summed E-state index contributed by atoms with van der Waals surface area (Å²) in [6, 6.07) is 7.98. The molecule has 2 N–H and O–H groups in total. The topological polar surface area (TPSA) is 91.7 Å². The summed E-state index contributed by atoms with van der Waals surface area (Å²) in [5.41, 5.74) is 8.32. The van der Waals surface area contributed by atoms with Crippen LogP contribution in [0.3, 0.4) is 0 Å². The first-order chi connectivity index (χ1) is 11.7. The van der Waals surface area contributed by atoms with Crippen LogP contribution in [0.15, 0.2) is 30.5 Å². The van der Waals surface area contributed by atoms with Crippen molar-refractivity contribution in [2.75, 3.05) is 7.11 Å². The number of nitrogens with two attached hydrogens (primary N) is 1. The second kappa shape index (κ2) is 6.16. The summed E-state index contributed by atoms with van der Waals surface area (Å²) in [6.45, 7) is 0. The number of methoxy groups -OCH3 is 1. The van der Waals surface area contributed by atoms with Crippen molar-refractivity contribution in [1.29, 1.82) is 0 Å². The van der Waals surface area contributed by atoms with E-state index in [9.17, 15) is 0 Å². The molecule has 0 amide bonds. The average molecular weight is 324 g/mol. The molecule has 7 nitrogen and oxygen atoms in total. The van der Waals surface area contributed by atoms with Crippen LogP contribution in [0.2, 0.25) is 0 Å². The number of ether oxygens (including phenoxy) is 1. The highest BCUT2D eigenvalue weighted by atomic mass is 16.5. The first-order valence-corrected chi connectivity index (χ1v) is 8.20. The molecule has 1 fully saturated rings. The molecule has 1 saturated carbocycles. The standard InChI is InChI=1S/C17H20N6O/c1-24-14-6-4-13(5-7-14)23-17-15(21-22-23)10-19-16(20-17)9-11-2-3-12(18)8-11/h4-7,10-12H,2-3,8-9,18H2,1H3/t11-,12+/m0/s1. The molecule has 4 rings (SSSR count). The second-order valence-electron chi connectivity index (χ2n) is 6.34. The Morgan fingerprint density at radius 2 is 2.08 bits per heavy atom. The molecule has 2 aromatic heterocycles. The molecule has 2 atom stereocenters. The molecule has 124 valence electrons. The van der Waals surface area contributed by atoms with Gasteiger partial charge in [0.1, 0.15) is 11.6 Å². The minimum Gasteiger partial charge on any atom is -0.497 e. The van der Waals surface area contributed by atoms with Gasteiger partial charge in [0, 0.05) is 12.5 Å². The van der Waals surface area contributed by atoms with Gasteiger partial charge in [0.25, 0.3) is 0 Å². The van der Waals surface area contributed by atoms with Gasteiger partial charge in [0.15, 0.2) is 11.2 Å². The van der Waals surface area contributed by atoms with Crippen molar-refractivity contribution in [2.45, 2.75) is 31.7 Å². The smallest absolute Gasteiger partial charge is 0.187 e. The highest BCUT2D eigenvalue weighted by molar-refractivity contribution is 5.70. The van der Waals surface area contributed by atoms with Crippen LogP contribution in [-0.4, -0.2) is 38.1 Å². The molecule has 1 aliphatic carbocycles. The van der Waals surface area contributed by atoms with Gasteiger partial charge < -0.3 is 10.5 Å². The Hall–Kier alpha value is -2.54. The van der Waals surface area contributed by atoms with Crippen molar-refractivity contribution in [3.05, 3.63) is 36.3 Å². The fourth-order valence-corrected chi connectivity index (χ4v) is 3.32. The SMILES string of the molecule is COc1ccc(-n2nnc3cnc(C[C@H]4CC[C@@H](N)C4)nc32)cc1. The summed E-state index contributed by atoms with van der Waals surface area (Å²) in [5.74, 6) is 2.21. The zero-order chi connectivity index (χ0) is 16.5. The molecular formula is C17H20N6O. The Kier molecular flexibility index (Phi) is 3.86. The number of fused-ring (bicyclic) bond motifs is 1. The molecule has 1 aromatic carbocycles. The quantitative estimate of drug-likeness (QED) is 0.788. The summed E-state index contributed by atoms with van der Waals surface area (Å²) >= 11 is 0. The number of benzene rings is 1. The summed E-state index contributed by atoms with van der Waals surface area (Å²) in [4.78, 5) is 9.14. The van der Waals surface area contributed by atoms with Crippen molar-refractivity contribution < 1.29 is 4.74 Å². The van der Waals surface area contributed by atoms with E-state index in [0.717, 1.165) is 48.6 Å². The Morgan fingerprint density at radius 1 is 1.25 bits per heavy atom. The third-order valence-corrected chi connectivity index (χ3v) is 4.61. The molecule has 3 aromatic rings. The lowest BCUT2D eigenvalue weighted by atomic mass is 10.0. The van der Waals surface area contributed by atoms with Crippen LogP contribution in [0.25, 0.3) is 16.9 Å². The first-order valence-electron chi connectivity index (χ1n) is 8.20. The number of hydrogen-bond donors (Lipinski definition) is 1. The number of rotatable bonds is 4. The average Bonchev–Trinajstić information content (AvgIpc) is 3.21. The van der Waals surface area contributed by atoms with E-state index in [-0.39, 0.29) is 0 Å². The highest BCUT2D eigenvalue weighted by Gasteiger charge is 2.23. The lowest BCUT2D eigenvalue weighted by Gasteiger charge is -2.08. The fourth-order valence-electron chi connectivity index (χ4n) is 3.32. The van der Waals surface area contributed by atoms with Gasteiger partial charge in [0.2, 0.25) is 0 Å². The van der Waals surface area contributed by atoms with E-state index in [1.807, 2.05) is 24.3 Å². The van der Waals surface area contributed by atoms with Crippen LogP contribution in [0.5, 0.6) is 5.75 Å². The number of aromatic nitrogens is 5. The van der Waals surface area contributed by atoms with Crippen LogP contribution in [0.1, 0.15) is 25.1 Å². The van der Waals surface area contributed by atoms with Crippen LogP contribution in [-0.2, 0) is 6.42 Å². The zero-order valence-corrected chi connectivity index (χ0v) is 13.6. The van der Waals surface area contributed by atoms with Gasteiger partial charge in [-0.15, -0.1) is 5.10 Å². The molecule has 0 unspecified atom stereocenters. The van der Waals surface area contributed by atoms with Gasteiger partial charge in [-0.3, -0.25) is 0 Å². The normalized spacial score (nSPS) is 20.6. The third kappa shape index (κ3) is 2.82. The molecule has 0 spiro atoms. The van der Waals surface area contributed by atoms with Crippen molar-refractivity contribution in [1.82, 2.24) is 25.0 Å². The Bertz CT molecular complexity index is 844. The number of hydrogen-bond acceptors (Lipinski definition) is 6. The maximum atomic E-state index is 6.00. The predicted molar refractivity (Wildman–Crippen MR) is 90.0 cm³/mol. The second-order valence-corrected chi connectivity index (χ2v) is 6.34. The molecule has 0 radical (unpaired) electrons. The van der Waals surface area contributed by atoms with E-state index in [4.69, 9.17) is 15.5 Å². The fraction of sp³-hybridized carbons (Fsp3) is 0.412. The van der Waals surface area contributed by atoms with Gasteiger partial charge >= 0.3 is 0 Å². The summed E-state index contributed by atoms with van der Waals surface area (Å²) in [7, 11) is 1.65. The largest absolute Gasteiger partial charge is 0.497 e. The maximum absolute atomic E-state index is 6.00. The van der Waals surface area contributed by atoms with E-state index in [2.05, 4.69) is 15.3 Å².